The van der Waals surface area contributed by atoms with E-state index in [0.717, 1.165) is 11.6 Å². The van der Waals surface area contributed by atoms with E-state index >= 15 is 4.39 Å². The summed E-state index contributed by atoms with van der Waals surface area (Å²) in [4.78, 5) is 45.3. The third kappa shape index (κ3) is 8.99. The molecule has 11 nitrogen and oxygen atoms in total. The Morgan fingerprint density at radius 2 is 1.77 bits per heavy atom. The molecule has 0 spiro atoms. The zero-order valence-electron chi connectivity index (χ0n) is 26.5. The van der Waals surface area contributed by atoms with Crippen molar-refractivity contribution in [3.8, 4) is 17.2 Å². The number of thiocarbonyl (C=S) groups is 1. The van der Waals surface area contributed by atoms with E-state index in [9.17, 15) is 19.5 Å². The predicted octanol–water partition coefficient (Wildman–Crippen LogP) is 4.34. The molecule has 47 heavy (non-hydrogen) atoms. The number of likely N-dealkylation sites (N-methyl/N-ethyl adjacent to an activating group) is 1. The number of benzene rings is 3. The molecular formula is C34H36FN5O6S. The summed E-state index contributed by atoms with van der Waals surface area (Å²) in [5.74, 6) is -2.07. The molecule has 0 aliphatic rings. The van der Waals surface area contributed by atoms with E-state index < -0.39 is 29.1 Å². The minimum Gasteiger partial charge on any atom is -0.496 e. The smallest absolute Gasteiger partial charge is 0.252 e. The van der Waals surface area contributed by atoms with Crippen molar-refractivity contribution in [1.82, 2.24) is 15.2 Å². The number of carbonyl (C=O) groups excluding carboxylic acids is 3. The van der Waals surface area contributed by atoms with Gasteiger partial charge in [-0.3, -0.25) is 19.4 Å². The zero-order chi connectivity index (χ0) is 34.3. The Kier molecular flexibility index (Phi) is 11.1. The van der Waals surface area contributed by atoms with Crippen molar-refractivity contribution in [2.75, 3.05) is 31.6 Å². The van der Waals surface area contributed by atoms with Crippen LogP contribution in [0.25, 0.3) is 10.9 Å². The van der Waals surface area contributed by atoms with Gasteiger partial charge in [0.05, 0.1) is 30.2 Å². The number of carbonyl (C=O) groups is 3. The number of methoxy groups -OCH3 is 1. The van der Waals surface area contributed by atoms with Gasteiger partial charge >= 0.3 is 0 Å². The van der Waals surface area contributed by atoms with Gasteiger partial charge in [0.25, 0.3) is 5.91 Å². The number of nitrogens with zero attached hydrogens (tertiary/aromatic N) is 3. The van der Waals surface area contributed by atoms with E-state index in [1.165, 1.54) is 53.4 Å². The maximum atomic E-state index is 15.7. The Morgan fingerprint density at radius 3 is 2.38 bits per heavy atom. The number of pyridine rings is 1. The number of nitrogens with one attached hydrogen (secondary N) is 1. The van der Waals surface area contributed by atoms with E-state index in [2.05, 4.69) is 10.3 Å². The number of amides is 3. The van der Waals surface area contributed by atoms with Crippen LogP contribution in [0, 0.1) is 5.82 Å². The SMILES string of the molecule is CCN(CC(C)(C)O)C(=O)CN(C(=S)NC(=O)Cc1ccccc1)c1ccc(Oc2ccnc3cc(OC)c(C(N)=O)cc23)c(F)c1. The van der Waals surface area contributed by atoms with Gasteiger partial charge < -0.3 is 35.4 Å². The van der Waals surface area contributed by atoms with Crippen molar-refractivity contribution in [1.29, 1.82) is 0 Å². The van der Waals surface area contributed by atoms with Gasteiger partial charge in [-0.15, -0.1) is 0 Å². The fourth-order valence-corrected chi connectivity index (χ4v) is 5.11. The summed E-state index contributed by atoms with van der Waals surface area (Å²) in [7, 11) is 1.40. The van der Waals surface area contributed by atoms with Crippen LogP contribution < -0.4 is 25.4 Å². The number of aliphatic hydroxyl groups is 1. The van der Waals surface area contributed by atoms with E-state index in [-0.39, 0.29) is 53.1 Å². The van der Waals surface area contributed by atoms with Crippen LogP contribution in [0.5, 0.6) is 17.2 Å². The van der Waals surface area contributed by atoms with Gasteiger partial charge in [0.2, 0.25) is 11.8 Å². The first kappa shape index (κ1) is 34.7. The summed E-state index contributed by atoms with van der Waals surface area (Å²) < 4.78 is 26.9. The van der Waals surface area contributed by atoms with Crippen LogP contribution >= 0.6 is 12.2 Å². The first-order valence-electron chi connectivity index (χ1n) is 14.7. The van der Waals surface area contributed by atoms with Crippen LogP contribution in [0.1, 0.15) is 36.7 Å². The van der Waals surface area contributed by atoms with E-state index in [4.69, 9.17) is 27.4 Å². The molecule has 0 bridgehead atoms. The maximum absolute atomic E-state index is 15.7. The number of fused-ring (bicyclic) bond motifs is 1. The van der Waals surface area contributed by atoms with Crippen molar-refractivity contribution >= 4 is 51.6 Å². The van der Waals surface area contributed by atoms with Crippen molar-refractivity contribution in [3.05, 3.63) is 89.9 Å². The second kappa shape index (κ2) is 15.0. The van der Waals surface area contributed by atoms with Crippen LogP contribution in [-0.2, 0) is 16.0 Å². The summed E-state index contributed by atoms with van der Waals surface area (Å²) >= 11 is 5.55. The van der Waals surface area contributed by atoms with Crippen molar-refractivity contribution in [3.63, 3.8) is 0 Å². The highest BCUT2D eigenvalue weighted by Crippen LogP contribution is 2.35. The molecule has 3 aromatic carbocycles. The average molecular weight is 662 g/mol. The minimum atomic E-state index is -1.16. The highest BCUT2D eigenvalue weighted by atomic mass is 32.1. The van der Waals surface area contributed by atoms with Gasteiger partial charge in [-0.2, -0.15) is 0 Å². The molecule has 0 aliphatic carbocycles. The molecule has 4 aromatic rings. The highest BCUT2D eigenvalue weighted by Gasteiger charge is 2.26. The molecule has 0 aliphatic heterocycles. The van der Waals surface area contributed by atoms with Crippen LogP contribution in [0.2, 0.25) is 0 Å². The molecule has 13 heteroatoms. The number of halogens is 1. The third-order valence-corrected chi connectivity index (χ3v) is 7.36. The van der Waals surface area contributed by atoms with Crippen molar-refractivity contribution in [2.24, 2.45) is 5.73 Å². The minimum absolute atomic E-state index is 0.0346. The Hall–Kier alpha value is -5.14. The third-order valence-electron chi connectivity index (χ3n) is 7.04. The fourth-order valence-electron chi connectivity index (χ4n) is 4.83. The predicted molar refractivity (Wildman–Crippen MR) is 180 cm³/mol. The number of aromatic nitrogens is 1. The summed E-state index contributed by atoms with van der Waals surface area (Å²) in [6.45, 7) is 4.94. The Bertz CT molecular complexity index is 1800. The molecule has 1 aromatic heterocycles. The molecule has 0 fully saturated rings. The molecule has 4 rings (SSSR count). The van der Waals surface area contributed by atoms with E-state index in [1.54, 1.807) is 32.9 Å². The molecule has 0 atom stereocenters. The molecule has 246 valence electrons. The quantitative estimate of drug-likeness (QED) is 0.189. The monoisotopic (exact) mass is 661 g/mol. The lowest BCUT2D eigenvalue weighted by molar-refractivity contribution is -0.132. The Balaban J connectivity index is 1.64. The average Bonchev–Trinajstić information content (AvgIpc) is 3.02. The van der Waals surface area contributed by atoms with Crippen LogP contribution in [0.4, 0.5) is 10.1 Å². The number of hydrogen-bond acceptors (Lipinski definition) is 8. The van der Waals surface area contributed by atoms with E-state index in [0.29, 0.717) is 17.4 Å². The topological polar surface area (TPSA) is 147 Å². The molecule has 0 unspecified atom stereocenters. The van der Waals surface area contributed by atoms with Crippen LogP contribution in [0.3, 0.4) is 0 Å². The number of nitrogens with two attached hydrogens (primary N) is 1. The van der Waals surface area contributed by atoms with Gasteiger partial charge in [-0.25, -0.2) is 4.39 Å². The molecule has 3 amide bonds. The lowest BCUT2D eigenvalue weighted by Gasteiger charge is -2.31. The second-order valence-electron chi connectivity index (χ2n) is 11.3. The second-order valence-corrected chi connectivity index (χ2v) is 11.7. The number of rotatable bonds is 12. The summed E-state index contributed by atoms with van der Waals surface area (Å²) in [6, 6.07) is 17.5. The molecule has 0 saturated carbocycles. The van der Waals surface area contributed by atoms with Crippen LogP contribution in [0.15, 0.2) is 72.9 Å². The van der Waals surface area contributed by atoms with Crippen molar-refractivity contribution < 1.29 is 33.4 Å². The standard InChI is InChI=1S/C34H36FN5O6S/c1-5-39(20-34(2,3)44)31(42)19-40(33(47)38-30(41)15-21-9-7-6-8-10-21)22-11-12-28(25(35)16-22)46-27-13-14-37-26-18-29(45-4)24(32(36)43)17-23(26)27/h6-14,16-18,44H,5,15,19-20H2,1-4H3,(H2,36,43)(H,38,41,47). The molecule has 0 radical (unpaired) electrons. The number of anilines is 1. The van der Waals surface area contributed by atoms with Gasteiger partial charge in [0, 0.05) is 42.5 Å². The van der Waals surface area contributed by atoms with Crippen LogP contribution in [-0.4, -0.2) is 70.2 Å². The van der Waals surface area contributed by atoms with Gasteiger partial charge in [-0.05, 0) is 62.8 Å². The van der Waals surface area contributed by atoms with Crippen molar-refractivity contribution in [2.45, 2.75) is 32.8 Å². The van der Waals surface area contributed by atoms with E-state index in [1.807, 2.05) is 18.2 Å². The largest absolute Gasteiger partial charge is 0.496 e. The normalized spacial score (nSPS) is 11.1. The summed E-state index contributed by atoms with van der Waals surface area (Å²) in [5, 5.41) is 13.3. The first-order chi connectivity index (χ1) is 22.3. The van der Waals surface area contributed by atoms with Gasteiger partial charge in [0.15, 0.2) is 16.7 Å². The lowest BCUT2D eigenvalue weighted by Crippen LogP contribution is -2.50. The van der Waals surface area contributed by atoms with Gasteiger partial charge in [-0.1, -0.05) is 30.3 Å². The number of ether oxygens (including phenoxy) is 2. The highest BCUT2D eigenvalue weighted by molar-refractivity contribution is 7.80. The number of hydrogen-bond donors (Lipinski definition) is 3. The fraction of sp³-hybridized carbons (Fsp3) is 0.265. The lowest BCUT2D eigenvalue weighted by atomic mass is 10.1. The Morgan fingerprint density at radius 1 is 1.04 bits per heavy atom. The van der Waals surface area contributed by atoms with Gasteiger partial charge in [0.1, 0.15) is 18.0 Å². The summed E-state index contributed by atoms with van der Waals surface area (Å²) in [5.41, 5.74) is 5.81. The molecule has 0 saturated heterocycles. The number of primary amides is 1. The molecule has 4 N–H and O–H groups in total. The first-order valence-corrected chi connectivity index (χ1v) is 15.1. The summed E-state index contributed by atoms with van der Waals surface area (Å²) in [6.07, 6.45) is 1.50. The zero-order valence-corrected chi connectivity index (χ0v) is 27.3. The Labute approximate surface area is 277 Å². The maximum Gasteiger partial charge on any atom is 0.252 e. The molecule has 1 heterocycles. The molecular weight excluding hydrogens is 625 g/mol.